The molecule has 0 aliphatic carbocycles. The zero-order valence-corrected chi connectivity index (χ0v) is 12.8. The van der Waals surface area contributed by atoms with E-state index in [0.717, 1.165) is 11.9 Å². The van der Waals surface area contributed by atoms with Crippen LogP contribution in [0.4, 0.5) is 11.4 Å². The molecule has 1 heterocycles. The number of carbonyl (C=O) groups is 1. The molecule has 5 heteroatoms. The topological polar surface area (TPSA) is 80.3 Å². The first-order valence-electron chi connectivity index (χ1n) is 7.35. The van der Waals surface area contributed by atoms with Crippen LogP contribution in [0, 0.1) is 5.92 Å². The number of nitrogens with two attached hydrogens (primary N) is 1. The molecule has 0 atom stereocenters. The molecule has 21 heavy (non-hydrogen) atoms. The summed E-state index contributed by atoms with van der Waals surface area (Å²) in [6.07, 6.45) is 1.29. The second kappa shape index (κ2) is 6.08. The van der Waals surface area contributed by atoms with Crippen molar-refractivity contribution in [3.8, 4) is 5.88 Å². The molecule has 1 amide bonds. The number of rotatable bonds is 5. The number of nitrogen functional groups attached to an aromatic ring is 1. The standard InChI is InChI=1S/C16H23N3O2/c1-4-13(20)18-15-14-11(17)6-5-7-12(14)19(16(15)21)9-8-10(2)3/h5-7,10,21H,4,8-9,17H2,1-3H3,(H,18,20). The molecule has 5 nitrogen and oxygen atoms in total. The predicted molar refractivity (Wildman–Crippen MR) is 86.4 cm³/mol. The zero-order valence-electron chi connectivity index (χ0n) is 12.8. The van der Waals surface area contributed by atoms with E-state index in [4.69, 9.17) is 5.73 Å². The molecule has 0 fully saturated rings. The van der Waals surface area contributed by atoms with Crippen LogP contribution in [0.5, 0.6) is 5.88 Å². The summed E-state index contributed by atoms with van der Waals surface area (Å²) in [5.41, 5.74) is 7.85. The lowest BCUT2D eigenvalue weighted by Crippen LogP contribution is -2.09. The first-order chi connectivity index (χ1) is 9.95. The summed E-state index contributed by atoms with van der Waals surface area (Å²) >= 11 is 0. The maximum atomic E-state index is 11.7. The predicted octanol–water partition coefficient (Wildman–Crippen LogP) is 3.32. The Morgan fingerprint density at radius 1 is 1.43 bits per heavy atom. The van der Waals surface area contributed by atoms with E-state index in [9.17, 15) is 9.90 Å². The third-order valence-corrected chi connectivity index (χ3v) is 3.61. The highest BCUT2D eigenvalue weighted by Gasteiger charge is 2.19. The molecule has 2 aromatic rings. The van der Waals surface area contributed by atoms with Crippen LogP contribution in [0.25, 0.3) is 10.9 Å². The Morgan fingerprint density at radius 3 is 2.76 bits per heavy atom. The molecule has 1 aromatic heterocycles. The van der Waals surface area contributed by atoms with Gasteiger partial charge in [-0.05, 0) is 24.5 Å². The molecular weight excluding hydrogens is 266 g/mol. The second-order valence-electron chi connectivity index (χ2n) is 5.68. The fourth-order valence-corrected chi connectivity index (χ4v) is 2.38. The van der Waals surface area contributed by atoms with Crippen LogP contribution in [-0.2, 0) is 11.3 Å². The van der Waals surface area contributed by atoms with Crippen molar-refractivity contribution in [3.63, 3.8) is 0 Å². The number of fused-ring (bicyclic) bond motifs is 1. The van der Waals surface area contributed by atoms with Gasteiger partial charge in [-0.3, -0.25) is 4.79 Å². The fraction of sp³-hybridized carbons (Fsp3) is 0.438. The first-order valence-corrected chi connectivity index (χ1v) is 7.35. The lowest BCUT2D eigenvalue weighted by Gasteiger charge is -2.09. The summed E-state index contributed by atoms with van der Waals surface area (Å²) in [5.74, 6) is 0.457. The van der Waals surface area contributed by atoms with Crippen molar-refractivity contribution in [1.29, 1.82) is 0 Å². The third kappa shape index (κ3) is 2.96. The quantitative estimate of drug-likeness (QED) is 0.739. The van der Waals surface area contributed by atoms with Crippen molar-refractivity contribution < 1.29 is 9.90 Å². The van der Waals surface area contributed by atoms with Gasteiger partial charge in [-0.2, -0.15) is 0 Å². The van der Waals surface area contributed by atoms with Crippen LogP contribution >= 0.6 is 0 Å². The van der Waals surface area contributed by atoms with Gasteiger partial charge in [-0.1, -0.05) is 26.8 Å². The van der Waals surface area contributed by atoms with Gasteiger partial charge in [-0.25, -0.2) is 0 Å². The molecule has 1 aromatic carbocycles. The summed E-state index contributed by atoms with van der Waals surface area (Å²) in [7, 11) is 0. The zero-order chi connectivity index (χ0) is 15.6. The Labute approximate surface area is 124 Å². The van der Waals surface area contributed by atoms with Gasteiger partial charge >= 0.3 is 0 Å². The Kier molecular flexibility index (Phi) is 4.40. The number of anilines is 2. The van der Waals surface area contributed by atoms with Crippen molar-refractivity contribution in [1.82, 2.24) is 4.57 Å². The largest absolute Gasteiger partial charge is 0.493 e. The molecule has 114 valence electrons. The molecule has 4 N–H and O–H groups in total. The Balaban J connectivity index is 2.56. The average molecular weight is 289 g/mol. The average Bonchev–Trinajstić information content (AvgIpc) is 2.70. The van der Waals surface area contributed by atoms with Gasteiger partial charge in [0.25, 0.3) is 0 Å². The van der Waals surface area contributed by atoms with E-state index in [1.165, 1.54) is 0 Å². The van der Waals surface area contributed by atoms with E-state index in [0.29, 0.717) is 35.6 Å². The minimum Gasteiger partial charge on any atom is -0.493 e. The highest BCUT2D eigenvalue weighted by Crippen LogP contribution is 2.39. The summed E-state index contributed by atoms with van der Waals surface area (Å²) in [6.45, 7) is 6.73. The van der Waals surface area contributed by atoms with E-state index >= 15 is 0 Å². The lowest BCUT2D eigenvalue weighted by atomic mass is 10.1. The van der Waals surface area contributed by atoms with Gasteiger partial charge in [0, 0.05) is 18.7 Å². The van der Waals surface area contributed by atoms with E-state index in [2.05, 4.69) is 19.2 Å². The van der Waals surface area contributed by atoms with Crippen LogP contribution in [-0.4, -0.2) is 15.6 Å². The van der Waals surface area contributed by atoms with E-state index < -0.39 is 0 Å². The van der Waals surface area contributed by atoms with Gasteiger partial charge in [0.05, 0.1) is 10.9 Å². The van der Waals surface area contributed by atoms with Crippen LogP contribution < -0.4 is 11.1 Å². The van der Waals surface area contributed by atoms with E-state index in [-0.39, 0.29) is 11.8 Å². The molecular formula is C16H23N3O2. The summed E-state index contributed by atoms with van der Waals surface area (Å²) in [5, 5.41) is 14.0. The number of nitrogens with one attached hydrogen (secondary N) is 1. The summed E-state index contributed by atoms with van der Waals surface area (Å²) < 4.78 is 1.82. The molecule has 2 rings (SSSR count). The molecule has 0 unspecified atom stereocenters. The Hall–Kier alpha value is -2.17. The Morgan fingerprint density at radius 2 is 2.14 bits per heavy atom. The van der Waals surface area contributed by atoms with Crippen molar-refractivity contribution >= 4 is 28.2 Å². The number of carbonyl (C=O) groups excluding carboxylic acids is 1. The van der Waals surface area contributed by atoms with Crippen molar-refractivity contribution in [2.75, 3.05) is 11.1 Å². The monoisotopic (exact) mass is 289 g/mol. The molecule has 0 aliphatic heterocycles. The van der Waals surface area contributed by atoms with Gasteiger partial charge in [0.2, 0.25) is 11.8 Å². The number of hydrogen-bond acceptors (Lipinski definition) is 3. The molecule has 0 spiro atoms. The normalized spacial score (nSPS) is 11.2. The number of amides is 1. The van der Waals surface area contributed by atoms with Gasteiger partial charge in [-0.15, -0.1) is 0 Å². The Bertz CT molecular complexity index is 659. The van der Waals surface area contributed by atoms with Gasteiger partial charge in [0.1, 0.15) is 5.69 Å². The van der Waals surface area contributed by atoms with Crippen LogP contribution in [0.1, 0.15) is 33.6 Å². The first kappa shape index (κ1) is 15.2. The number of nitrogens with zero attached hydrogens (tertiary/aromatic N) is 1. The molecule has 0 aliphatic rings. The lowest BCUT2D eigenvalue weighted by molar-refractivity contribution is -0.115. The molecule has 0 saturated heterocycles. The van der Waals surface area contributed by atoms with Crippen LogP contribution in [0.15, 0.2) is 18.2 Å². The maximum absolute atomic E-state index is 11.7. The minimum atomic E-state index is -0.142. The van der Waals surface area contributed by atoms with Crippen LogP contribution in [0.2, 0.25) is 0 Å². The minimum absolute atomic E-state index is 0.0744. The highest BCUT2D eigenvalue weighted by atomic mass is 16.3. The van der Waals surface area contributed by atoms with Gasteiger partial charge in [0.15, 0.2) is 0 Å². The van der Waals surface area contributed by atoms with Crippen molar-refractivity contribution in [2.45, 2.75) is 40.2 Å². The second-order valence-corrected chi connectivity index (χ2v) is 5.68. The number of hydrogen-bond donors (Lipinski definition) is 3. The van der Waals surface area contributed by atoms with Crippen molar-refractivity contribution in [3.05, 3.63) is 18.2 Å². The summed E-state index contributed by atoms with van der Waals surface area (Å²) in [4.78, 5) is 11.7. The molecule has 0 radical (unpaired) electrons. The smallest absolute Gasteiger partial charge is 0.224 e. The summed E-state index contributed by atoms with van der Waals surface area (Å²) in [6, 6.07) is 5.54. The number of benzene rings is 1. The maximum Gasteiger partial charge on any atom is 0.224 e. The molecule has 0 bridgehead atoms. The number of aromatic nitrogens is 1. The van der Waals surface area contributed by atoms with Crippen molar-refractivity contribution in [2.24, 2.45) is 5.92 Å². The SMILES string of the molecule is CCC(=O)Nc1c(O)n(CCC(C)C)c2cccc(N)c12. The van der Waals surface area contributed by atoms with E-state index in [1.54, 1.807) is 13.0 Å². The van der Waals surface area contributed by atoms with E-state index in [1.807, 2.05) is 16.7 Å². The van der Waals surface area contributed by atoms with Crippen LogP contribution in [0.3, 0.4) is 0 Å². The van der Waals surface area contributed by atoms with Gasteiger partial charge < -0.3 is 20.7 Å². The highest BCUT2D eigenvalue weighted by molar-refractivity contribution is 6.09. The fourth-order valence-electron chi connectivity index (χ4n) is 2.38. The number of aromatic hydroxyl groups is 1. The number of aryl methyl sites for hydroxylation is 1. The third-order valence-electron chi connectivity index (χ3n) is 3.61. The molecule has 0 saturated carbocycles.